The molecule has 3 aliphatic rings. The number of nitrogens with zero attached hydrogens (tertiary/aromatic N) is 2. The summed E-state index contributed by atoms with van der Waals surface area (Å²) in [5, 5.41) is 19.1. The Labute approximate surface area is 145 Å². The van der Waals surface area contributed by atoms with Gasteiger partial charge in [0, 0.05) is 37.6 Å². The molecule has 0 aromatic rings. The minimum atomic E-state index is -1.74. The summed E-state index contributed by atoms with van der Waals surface area (Å²) in [5.41, 5.74) is -1.74. The molecule has 3 rings (SSSR count). The second-order valence-corrected chi connectivity index (χ2v) is 7.97. The highest BCUT2D eigenvalue weighted by molar-refractivity contribution is 7.99. The number of carbonyl (C=O) groups is 3. The van der Waals surface area contributed by atoms with Crippen LogP contribution in [0.25, 0.3) is 0 Å². The van der Waals surface area contributed by atoms with Gasteiger partial charge in [-0.2, -0.15) is 0 Å². The summed E-state index contributed by atoms with van der Waals surface area (Å²) in [6.45, 7) is 0.433. The molecular weight excluding hydrogens is 332 g/mol. The fraction of sp³-hybridized carbons (Fsp3) is 0.812. The number of hydrogen-bond donors (Lipinski definition) is 2. The van der Waals surface area contributed by atoms with Crippen LogP contribution in [0.15, 0.2) is 0 Å². The minimum Gasteiger partial charge on any atom is -0.479 e. The molecule has 2 aliphatic heterocycles. The van der Waals surface area contributed by atoms with Gasteiger partial charge < -0.3 is 20.0 Å². The van der Waals surface area contributed by atoms with Crippen molar-refractivity contribution in [3.05, 3.63) is 0 Å². The second kappa shape index (κ2) is 6.92. The van der Waals surface area contributed by atoms with Gasteiger partial charge in [0.25, 0.3) is 0 Å². The van der Waals surface area contributed by atoms with Crippen LogP contribution < -0.4 is 0 Å². The summed E-state index contributed by atoms with van der Waals surface area (Å²) in [5.74, 6) is -0.0504. The minimum absolute atomic E-state index is 0.0322. The SMILES string of the molecule is O=C(C1CSCN1C(=O)C1CCCC1)N1CCC(O)(C(=O)O)CC1. The zero-order chi connectivity index (χ0) is 17.3. The lowest BCUT2D eigenvalue weighted by Crippen LogP contribution is -2.56. The third-order valence-corrected chi connectivity index (χ3v) is 6.47. The molecule has 8 heteroatoms. The third kappa shape index (κ3) is 3.26. The summed E-state index contributed by atoms with van der Waals surface area (Å²) >= 11 is 1.59. The van der Waals surface area contributed by atoms with Gasteiger partial charge in [0.2, 0.25) is 11.8 Å². The maximum Gasteiger partial charge on any atom is 0.335 e. The number of carbonyl (C=O) groups excluding carboxylic acids is 2. The number of likely N-dealkylation sites (tertiary alicyclic amines) is 1. The smallest absolute Gasteiger partial charge is 0.335 e. The molecule has 2 N–H and O–H groups in total. The van der Waals surface area contributed by atoms with E-state index in [9.17, 15) is 19.5 Å². The summed E-state index contributed by atoms with van der Waals surface area (Å²) in [6, 6.07) is -0.445. The molecule has 134 valence electrons. The monoisotopic (exact) mass is 356 g/mol. The van der Waals surface area contributed by atoms with E-state index in [1.54, 1.807) is 21.6 Å². The van der Waals surface area contributed by atoms with E-state index in [4.69, 9.17) is 5.11 Å². The van der Waals surface area contributed by atoms with Crippen LogP contribution in [0, 0.1) is 5.92 Å². The Balaban J connectivity index is 1.62. The van der Waals surface area contributed by atoms with E-state index >= 15 is 0 Å². The van der Waals surface area contributed by atoms with Gasteiger partial charge in [-0.3, -0.25) is 9.59 Å². The van der Waals surface area contributed by atoms with Crippen molar-refractivity contribution in [1.29, 1.82) is 0 Å². The summed E-state index contributed by atoms with van der Waals surface area (Å²) in [4.78, 5) is 39.9. The lowest BCUT2D eigenvalue weighted by atomic mass is 9.91. The second-order valence-electron chi connectivity index (χ2n) is 6.97. The van der Waals surface area contributed by atoms with Gasteiger partial charge in [0.1, 0.15) is 6.04 Å². The number of aliphatic carboxylic acids is 1. The highest BCUT2D eigenvalue weighted by Crippen LogP contribution is 2.32. The van der Waals surface area contributed by atoms with Crippen LogP contribution in [0.1, 0.15) is 38.5 Å². The number of carboxylic acid groups (broad SMARTS) is 1. The molecule has 1 aliphatic carbocycles. The molecule has 0 spiro atoms. The van der Waals surface area contributed by atoms with Crippen LogP contribution in [0.4, 0.5) is 0 Å². The number of carboxylic acids is 1. The molecule has 7 nitrogen and oxygen atoms in total. The highest BCUT2D eigenvalue weighted by Gasteiger charge is 2.44. The maximum absolute atomic E-state index is 12.8. The van der Waals surface area contributed by atoms with Crippen molar-refractivity contribution in [2.45, 2.75) is 50.2 Å². The Morgan fingerprint density at radius 2 is 1.67 bits per heavy atom. The van der Waals surface area contributed by atoms with Gasteiger partial charge >= 0.3 is 5.97 Å². The van der Waals surface area contributed by atoms with Crippen LogP contribution in [0.2, 0.25) is 0 Å². The molecule has 0 bridgehead atoms. The summed E-state index contributed by atoms with van der Waals surface area (Å²) in [6.07, 6.45) is 4.05. The molecule has 2 saturated heterocycles. The molecule has 0 aromatic heterocycles. The fourth-order valence-corrected chi connectivity index (χ4v) is 4.95. The Bertz CT molecular complexity index is 527. The van der Waals surface area contributed by atoms with Crippen LogP contribution in [-0.2, 0) is 14.4 Å². The Kier molecular flexibility index (Phi) is 5.05. The third-order valence-electron chi connectivity index (χ3n) is 5.46. The van der Waals surface area contributed by atoms with E-state index in [2.05, 4.69) is 0 Å². The normalized spacial score (nSPS) is 27.5. The van der Waals surface area contributed by atoms with Crippen molar-refractivity contribution in [2.75, 3.05) is 24.7 Å². The molecule has 1 unspecified atom stereocenters. The molecule has 24 heavy (non-hydrogen) atoms. The van der Waals surface area contributed by atoms with Crippen LogP contribution in [-0.4, -0.2) is 74.2 Å². The number of rotatable bonds is 3. The van der Waals surface area contributed by atoms with Crippen molar-refractivity contribution < 1.29 is 24.6 Å². The molecule has 2 heterocycles. The number of amides is 2. The van der Waals surface area contributed by atoms with Gasteiger partial charge in [0.05, 0.1) is 5.88 Å². The summed E-state index contributed by atoms with van der Waals surface area (Å²) in [7, 11) is 0. The zero-order valence-electron chi connectivity index (χ0n) is 13.6. The first-order valence-electron chi connectivity index (χ1n) is 8.55. The fourth-order valence-electron chi connectivity index (χ4n) is 3.79. The van der Waals surface area contributed by atoms with Crippen molar-refractivity contribution in [3.63, 3.8) is 0 Å². The predicted molar refractivity (Wildman–Crippen MR) is 88.3 cm³/mol. The number of hydrogen-bond acceptors (Lipinski definition) is 5. The van der Waals surface area contributed by atoms with Gasteiger partial charge in [-0.15, -0.1) is 11.8 Å². The molecule has 1 atom stereocenters. The summed E-state index contributed by atoms with van der Waals surface area (Å²) < 4.78 is 0. The first-order valence-corrected chi connectivity index (χ1v) is 9.70. The first-order chi connectivity index (χ1) is 11.4. The van der Waals surface area contributed by atoms with E-state index in [0.717, 1.165) is 25.7 Å². The van der Waals surface area contributed by atoms with Gasteiger partial charge in [-0.25, -0.2) is 4.79 Å². The highest BCUT2D eigenvalue weighted by atomic mass is 32.2. The Morgan fingerprint density at radius 1 is 1.04 bits per heavy atom. The quantitative estimate of drug-likeness (QED) is 0.765. The average Bonchev–Trinajstić information content (AvgIpc) is 3.26. The molecule has 0 aromatic carbocycles. The van der Waals surface area contributed by atoms with Crippen molar-refractivity contribution >= 4 is 29.5 Å². The van der Waals surface area contributed by atoms with Crippen LogP contribution in [0.3, 0.4) is 0 Å². The number of thioether (sulfide) groups is 1. The van der Waals surface area contributed by atoms with E-state index < -0.39 is 17.6 Å². The average molecular weight is 356 g/mol. The van der Waals surface area contributed by atoms with Crippen molar-refractivity contribution in [1.82, 2.24) is 9.80 Å². The van der Waals surface area contributed by atoms with Crippen LogP contribution in [0.5, 0.6) is 0 Å². The number of aliphatic hydroxyl groups is 1. The van der Waals surface area contributed by atoms with Crippen LogP contribution >= 0.6 is 11.8 Å². The van der Waals surface area contributed by atoms with Crippen molar-refractivity contribution in [2.24, 2.45) is 5.92 Å². The van der Waals surface area contributed by atoms with E-state index in [1.165, 1.54) is 0 Å². The van der Waals surface area contributed by atoms with E-state index in [0.29, 0.717) is 11.6 Å². The molecule has 3 fully saturated rings. The van der Waals surface area contributed by atoms with Crippen molar-refractivity contribution in [3.8, 4) is 0 Å². The molecular formula is C16H24N2O5S. The topological polar surface area (TPSA) is 98.2 Å². The largest absolute Gasteiger partial charge is 0.479 e. The predicted octanol–water partition coefficient (Wildman–Crippen LogP) is 0.516. The lowest BCUT2D eigenvalue weighted by Gasteiger charge is -2.37. The zero-order valence-corrected chi connectivity index (χ0v) is 14.5. The molecule has 1 saturated carbocycles. The van der Waals surface area contributed by atoms with E-state index in [1.807, 2.05) is 0 Å². The molecule has 2 amide bonds. The Morgan fingerprint density at radius 3 is 2.25 bits per heavy atom. The first kappa shape index (κ1) is 17.5. The lowest BCUT2D eigenvalue weighted by molar-refractivity contribution is -0.166. The maximum atomic E-state index is 12.8. The molecule has 0 radical (unpaired) electrons. The Hall–Kier alpha value is -1.28. The number of piperidine rings is 1. The standard InChI is InChI=1S/C16H24N2O5S/c19-13(11-3-1-2-4-11)18-10-24-9-12(18)14(20)17-7-5-16(23,6-8-17)15(21)22/h11-12,23H,1-10H2,(H,21,22). The van der Waals surface area contributed by atoms with Gasteiger partial charge in [-0.05, 0) is 12.8 Å². The van der Waals surface area contributed by atoms with Gasteiger partial charge in [-0.1, -0.05) is 12.8 Å². The van der Waals surface area contributed by atoms with Gasteiger partial charge in [0.15, 0.2) is 5.60 Å². The van der Waals surface area contributed by atoms with E-state index in [-0.39, 0.29) is 43.7 Å².